The van der Waals surface area contributed by atoms with Crippen molar-refractivity contribution >= 4 is 11.9 Å². The average molecular weight is 609 g/mol. The molecule has 0 aromatic carbocycles. The average Bonchev–Trinajstić information content (AvgIpc) is 3.81. The second-order valence-electron chi connectivity index (χ2n) is 11.3. The fourth-order valence-electron chi connectivity index (χ4n) is 5.89. The molecule has 0 radical (unpaired) electrons. The van der Waals surface area contributed by atoms with E-state index in [-0.39, 0.29) is 37.3 Å². The Bertz CT molecular complexity index is 1270. The summed E-state index contributed by atoms with van der Waals surface area (Å²) in [7, 11) is 0. The van der Waals surface area contributed by atoms with E-state index in [9.17, 15) is 19.8 Å². The molecular formula is C28H40N12O4. The number of imidazole rings is 4. The lowest BCUT2D eigenvalue weighted by Crippen LogP contribution is -2.58. The minimum absolute atomic E-state index is 0.143. The number of hydrogen-bond acceptors (Lipinski definition) is 10. The highest BCUT2D eigenvalue weighted by Gasteiger charge is 2.31. The lowest BCUT2D eigenvalue weighted by Gasteiger charge is -2.39. The molecule has 4 aromatic heterocycles. The van der Waals surface area contributed by atoms with Gasteiger partial charge in [-0.1, -0.05) is 0 Å². The number of carboxylic acids is 2. The van der Waals surface area contributed by atoms with Gasteiger partial charge >= 0.3 is 11.9 Å². The number of aliphatic carboxylic acids is 2. The molecule has 0 unspecified atom stereocenters. The molecule has 0 bridgehead atoms. The van der Waals surface area contributed by atoms with Gasteiger partial charge in [0.2, 0.25) is 0 Å². The summed E-state index contributed by atoms with van der Waals surface area (Å²) >= 11 is 0. The number of aromatic nitrogens is 8. The van der Waals surface area contributed by atoms with Gasteiger partial charge in [-0.25, -0.2) is 19.9 Å². The van der Waals surface area contributed by atoms with E-state index in [2.05, 4.69) is 50.5 Å². The normalized spacial score (nSPS) is 22.7. The van der Waals surface area contributed by atoms with Crippen molar-refractivity contribution in [1.29, 1.82) is 0 Å². The van der Waals surface area contributed by atoms with E-state index < -0.39 is 11.9 Å². The standard InChI is InChI=1S/C28H40N12O4/c41-27(42)13-39-11-23(1-19-5-29-15-35-19)33-9-25(3-21-7-31-17-37-21)40(14-28(43)44)12-24(2-20-6-30-16-36-20)34-10-26(39)4-22-8-32-18-38-22/h5-8,15-18,23-26,33-34H,1-4,9-14H2,(H,29,35)(H,30,36)(H,31,37)(H,32,38)(H,41,42)(H,43,44)/t23-,24-,25-,26-/m0/s1. The van der Waals surface area contributed by atoms with Crippen LogP contribution < -0.4 is 10.6 Å². The molecule has 1 fully saturated rings. The minimum atomic E-state index is -0.911. The van der Waals surface area contributed by atoms with Crippen molar-refractivity contribution < 1.29 is 19.8 Å². The Morgan fingerprint density at radius 2 is 0.955 bits per heavy atom. The van der Waals surface area contributed by atoms with E-state index in [1.165, 1.54) is 0 Å². The van der Waals surface area contributed by atoms with E-state index in [1.807, 2.05) is 9.80 Å². The van der Waals surface area contributed by atoms with Gasteiger partial charge in [-0.2, -0.15) is 0 Å². The quantitative estimate of drug-likeness (QED) is 0.1000. The first-order chi connectivity index (χ1) is 21.4. The van der Waals surface area contributed by atoms with Gasteiger partial charge in [0.15, 0.2) is 0 Å². The monoisotopic (exact) mass is 608 g/mol. The molecule has 16 nitrogen and oxygen atoms in total. The molecule has 44 heavy (non-hydrogen) atoms. The molecule has 0 spiro atoms. The largest absolute Gasteiger partial charge is 0.480 e. The Labute approximate surface area is 254 Å². The summed E-state index contributed by atoms with van der Waals surface area (Å²) in [6, 6.07) is -0.712. The van der Waals surface area contributed by atoms with Gasteiger partial charge in [0, 0.05) is 124 Å². The van der Waals surface area contributed by atoms with Crippen LogP contribution in [0.5, 0.6) is 0 Å². The Morgan fingerprint density at radius 3 is 1.25 bits per heavy atom. The van der Waals surface area contributed by atoms with Crippen LogP contribution in [0.1, 0.15) is 22.8 Å². The van der Waals surface area contributed by atoms with Crippen LogP contribution in [0.15, 0.2) is 50.1 Å². The number of hydrogen-bond donors (Lipinski definition) is 8. The third-order valence-electron chi connectivity index (χ3n) is 7.97. The Morgan fingerprint density at radius 1 is 0.614 bits per heavy atom. The molecule has 236 valence electrons. The fourth-order valence-corrected chi connectivity index (χ4v) is 5.89. The van der Waals surface area contributed by atoms with Crippen LogP contribution in [0.2, 0.25) is 0 Å². The van der Waals surface area contributed by atoms with Gasteiger partial charge < -0.3 is 40.8 Å². The zero-order valence-electron chi connectivity index (χ0n) is 24.4. The molecule has 16 heteroatoms. The van der Waals surface area contributed by atoms with Crippen LogP contribution in [0.3, 0.4) is 0 Å². The molecule has 4 atom stereocenters. The summed E-state index contributed by atoms with van der Waals surface area (Å²) in [5.41, 5.74) is 3.63. The number of carbonyl (C=O) groups is 2. The summed E-state index contributed by atoms with van der Waals surface area (Å²) in [5.74, 6) is -1.82. The highest BCUT2D eigenvalue weighted by Crippen LogP contribution is 2.15. The Kier molecular flexibility index (Phi) is 10.9. The van der Waals surface area contributed by atoms with E-state index in [0.717, 1.165) is 22.8 Å². The smallest absolute Gasteiger partial charge is 0.317 e. The molecule has 0 saturated carbocycles. The first kappa shape index (κ1) is 31.1. The van der Waals surface area contributed by atoms with Crippen molar-refractivity contribution in [2.75, 3.05) is 39.3 Å². The highest BCUT2D eigenvalue weighted by atomic mass is 16.4. The van der Waals surface area contributed by atoms with Crippen LogP contribution in [-0.4, -0.2) is 135 Å². The first-order valence-electron chi connectivity index (χ1n) is 14.7. The zero-order chi connectivity index (χ0) is 30.7. The zero-order valence-corrected chi connectivity index (χ0v) is 24.4. The summed E-state index contributed by atoms with van der Waals surface area (Å²) in [6.07, 6.45) is 15.8. The van der Waals surface area contributed by atoms with Crippen molar-refractivity contribution in [2.24, 2.45) is 0 Å². The van der Waals surface area contributed by atoms with Crippen molar-refractivity contribution in [3.05, 3.63) is 72.9 Å². The molecule has 4 aromatic rings. The van der Waals surface area contributed by atoms with Gasteiger partial charge in [-0.15, -0.1) is 0 Å². The third kappa shape index (κ3) is 9.31. The van der Waals surface area contributed by atoms with Crippen molar-refractivity contribution in [3.8, 4) is 0 Å². The van der Waals surface area contributed by atoms with Gasteiger partial charge in [0.1, 0.15) is 0 Å². The SMILES string of the molecule is O=C(O)CN1C[C@H](Cc2cnc[nH]2)NC[C@H](Cc2cnc[nH]2)N(CC(=O)O)C[C@H](Cc2cnc[nH]2)NC[C@@H]1Cc1cnc[nH]1. The Hall–Kier alpha value is -4.38. The summed E-state index contributed by atoms with van der Waals surface area (Å²) in [4.78, 5) is 57.6. The van der Waals surface area contributed by atoms with E-state index >= 15 is 0 Å². The third-order valence-corrected chi connectivity index (χ3v) is 7.97. The first-order valence-corrected chi connectivity index (χ1v) is 14.7. The number of nitrogens with zero attached hydrogens (tertiary/aromatic N) is 6. The maximum Gasteiger partial charge on any atom is 0.317 e. The summed E-state index contributed by atoms with van der Waals surface area (Å²) < 4.78 is 0. The number of nitrogens with one attached hydrogen (secondary N) is 6. The van der Waals surface area contributed by atoms with Crippen molar-refractivity contribution in [3.63, 3.8) is 0 Å². The van der Waals surface area contributed by atoms with Crippen LogP contribution in [-0.2, 0) is 35.3 Å². The number of rotatable bonds is 12. The lowest BCUT2D eigenvalue weighted by atomic mass is 10.0. The van der Waals surface area contributed by atoms with E-state index in [0.29, 0.717) is 51.9 Å². The predicted octanol–water partition coefficient (Wildman–Crippen LogP) is -0.710. The van der Waals surface area contributed by atoms with Gasteiger partial charge in [0.05, 0.1) is 38.4 Å². The summed E-state index contributed by atoms with van der Waals surface area (Å²) in [5, 5.41) is 27.3. The number of aromatic amines is 4. The van der Waals surface area contributed by atoms with E-state index in [4.69, 9.17) is 0 Å². The molecule has 8 N–H and O–H groups in total. The lowest BCUT2D eigenvalue weighted by molar-refractivity contribution is -0.139. The molecule has 5 heterocycles. The number of carboxylic acid groups (broad SMARTS) is 2. The molecule has 1 aliphatic heterocycles. The topological polar surface area (TPSA) is 220 Å². The van der Waals surface area contributed by atoms with Crippen LogP contribution >= 0.6 is 0 Å². The van der Waals surface area contributed by atoms with Crippen LogP contribution in [0.25, 0.3) is 0 Å². The maximum absolute atomic E-state index is 12.2. The van der Waals surface area contributed by atoms with Crippen molar-refractivity contribution in [1.82, 2.24) is 60.3 Å². The van der Waals surface area contributed by atoms with Crippen molar-refractivity contribution in [2.45, 2.75) is 49.9 Å². The molecule has 5 rings (SSSR count). The highest BCUT2D eigenvalue weighted by molar-refractivity contribution is 5.69. The van der Waals surface area contributed by atoms with Crippen LogP contribution in [0.4, 0.5) is 0 Å². The predicted molar refractivity (Wildman–Crippen MR) is 159 cm³/mol. The van der Waals surface area contributed by atoms with Gasteiger partial charge in [-0.3, -0.25) is 19.4 Å². The van der Waals surface area contributed by atoms with E-state index in [1.54, 1.807) is 50.1 Å². The maximum atomic E-state index is 12.2. The second-order valence-corrected chi connectivity index (χ2v) is 11.3. The van der Waals surface area contributed by atoms with Gasteiger partial charge in [-0.05, 0) is 0 Å². The molecule has 0 amide bonds. The van der Waals surface area contributed by atoms with Crippen LogP contribution in [0, 0.1) is 0 Å². The molecular weight excluding hydrogens is 568 g/mol. The molecule has 1 aliphatic rings. The van der Waals surface area contributed by atoms with Gasteiger partial charge in [0.25, 0.3) is 0 Å². The minimum Gasteiger partial charge on any atom is -0.480 e. The number of H-pyrrole nitrogens is 4. The fraction of sp³-hybridized carbons (Fsp3) is 0.500. The second kappa shape index (κ2) is 15.4. The molecule has 0 aliphatic carbocycles. The Balaban J connectivity index is 1.49. The molecule has 1 saturated heterocycles. The summed E-state index contributed by atoms with van der Waals surface area (Å²) in [6.45, 7) is 1.52.